The number of hydrogen-bond acceptors (Lipinski definition) is 5. The molecular weight excluding hydrogens is 286 g/mol. The third-order valence-corrected chi connectivity index (χ3v) is 5.32. The van der Waals surface area contributed by atoms with Gasteiger partial charge in [0.25, 0.3) is 0 Å². The minimum absolute atomic E-state index is 0.520. The second-order valence-corrected chi connectivity index (χ2v) is 6.80. The molecule has 2 aromatic heterocycles. The molecule has 1 saturated heterocycles. The van der Waals surface area contributed by atoms with Gasteiger partial charge < -0.3 is 5.32 Å². The van der Waals surface area contributed by atoms with Crippen molar-refractivity contribution in [3.8, 4) is 0 Å². The van der Waals surface area contributed by atoms with E-state index < -0.39 is 0 Å². The molecule has 3 heterocycles. The number of nitrogens with zero attached hydrogens (tertiary/aromatic N) is 4. The SMILES string of the molecule is Cc1cccnc1CN1C[C@@H]2CC[C@@H](Nc3cnccn3)[C@@H]2C1. The Hall–Kier alpha value is -2.01. The first-order valence-electron chi connectivity index (χ1n) is 8.45. The summed E-state index contributed by atoms with van der Waals surface area (Å²) in [4.78, 5) is 15.6. The van der Waals surface area contributed by atoms with Gasteiger partial charge in [-0.15, -0.1) is 0 Å². The van der Waals surface area contributed by atoms with Crippen LogP contribution in [0.2, 0.25) is 0 Å². The van der Waals surface area contributed by atoms with Crippen molar-refractivity contribution in [2.24, 2.45) is 11.8 Å². The molecule has 0 unspecified atom stereocenters. The largest absolute Gasteiger partial charge is 0.366 e. The van der Waals surface area contributed by atoms with Crippen LogP contribution >= 0.6 is 0 Å². The van der Waals surface area contributed by atoms with Crippen molar-refractivity contribution in [3.63, 3.8) is 0 Å². The first-order valence-corrected chi connectivity index (χ1v) is 8.45. The molecule has 2 aliphatic rings. The molecule has 23 heavy (non-hydrogen) atoms. The number of fused-ring (bicyclic) bond motifs is 1. The maximum absolute atomic E-state index is 4.55. The molecule has 120 valence electrons. The lowest BCUT2D eigenvalue weighted by atomic mass is 9.98. The van der Waals surface area contributed by atoms with Crippen LogP contribution in [0.25, 0.3) is 0 Å². The number of rotatable bonds is 4. The molecule has 0 aromatic carbocycles. The van der Waals surface area contributed by atoms with E-state index in [0.717, 1.165) is 24.8 Å². The zero-order valence-corrected chi connectivity index (χ0v) is 13.5. The van der Waals surface area contributed by atoms with Crippen LogP contribution in [0.3, 0.4) is 0 Å². The van der Waals surface area contributed by atoms with Crippen molar-refractivity contribution in [1.29, 1.82) is 0 Å². The van der Waals surface area contributed by atoms with E-state index in [0.29, 0.717) is 12.0 Å². The lowest BCUT2D eigenvalue weighted by Gasteiger charge is -2.22. The summed E-state index contributed by atoms with van der Waals surface area (Å²) < 4.78 is 0. The second-order valence-electron chi connectivity index (χ2n) is 6.80. The molecule has 0 bridgehead atoms. The van der Waals surface area contributed by atoms with Gasteiger partial charge in [-0.2, -0.15) is 0 Å². The van der Waals surface area contributed by atoms with Crippen molar-refractivity contribution < 1.29 is 0 Å². The number of pyridine rings is 1. The summed E-state index contributed by atoms with van der Waals surface area (Å²) in [6, 6.07) is 4.68. The fourth-order valence-electron chi connectivity index (χ4n) is 4.13. The Kier molecular flexibility index (Phi) is 3.95. The molecule has 5 nitrogen and oxygen atoms in total. The van der Waals surface area contributed by atoms with Crippen LogP contribution in [-0.4, -0.2) is 39.0 Å². The van der Waals surface area contributed by atoms with E-state index in [1.807, 2.05) is 18.5 Å². The summed E-state index contributed by atoms with van der Waals surface area (Å²) in [5.74, 6) is 2.41. The molecule has 1 saturated carbocycles. The summed E-state index contributed by atoms with van der Waals surface area (Å²) in [6.07, 6.45) is 9.73. The Balaban J connectivity index is 1.40. The summed E-state index contributed by atoms with van der Waals surface area (Å²) in [7, 11) is 0. The predicted molar refractivity (Wildman–Crippen MR) is 89.9 cm³/mol. The molecule has 0 spiro atoms. The molecule has 5 heteroatoms. The van der Waals surface area contributed by atoms with Crippen LogP contribution in [0.5, 0.6) is 0 Å². The van der Waals surface area contributed by atoms with E-state index in [2.05, 4.69) is 38.2 Å². The molecule has 1 N–H and O–H groups in total. The minimum Gasteiger partial charge on any atom is -0.366 e. The van der Waals surface area contributed by atoms with Gasteiger partial charge in [0.1, 0.15) is 5.82 Å². The molecular formula is C18H23N5. The van der Waals surface area contributed by atoms with Crippen LogP contribution in [0, 0.1) is 18.8 Å². The first kappa shape index (κ1) is 14.6. The lowest BCUT2D eigenvalue weighted by molar-refractivity contribution is 0.296. The fraction of sp³-hybridized carbons (Fsp3) is 0.500. The molecule has 2 fully saturated rings. The summed E-state index contributed by atoms with van der Waals surface area (Å²) >= 11 is 0. The van der Waals surface area contributed by atoms with Gasteiger partial charge in [-0.25, -0.2) is 4.98 Å². The van der Waals surface area contributed by atoms with Crippen LogP contribution in [0.15, 0.2) is 36.9 Å². The standard InChI is InChI=1S/C18H23N5/c1-13-3-2-6-20-17(13)12-23-10-14-4-5-16(15(14)11-23)22-18-9-19-7-8-21-18/h2-3,6-9,14-16H,4-5,10-12H2,1H3,(H,21,22)/t14-,15+,16+/m0/s1. The van der Waals surface area contributed by atoms with E-state index in [1.54, 1.807) is 12.4 Å². The van der Waals surface area contributed by atoms with Gasteiger partial charge in [0, 0.05) is 44.3 Å². The van der Waals surface area contributed by atoms with Crippen molar-refractivity contribution in [3.05, 3.63) is 48.2 Å². The Morgan fingerprint density at radius 2 is 2.13 bits per heavy atom. The molecule has 0 amide bonds. The van der Waals surface area contributed by atoms with Crippen LogP contribution in [0.4, 0.5) is 5.82 Å². The highest BCUT2D eigenvalue weighted by Crippen LogP contribution is 2.39. The van der Waals surface area contributed by atoms with Gasteiger partial charge in [-0.05, 0) is 43.2 Å². The van der Waals surface area contributed by atoms with Gasteiger partial charge in [0.05, 0.1) is 11.9 Å². The smallest absolute Gasteiger partial charge is 0.144 e. The van der Waals surface area contributed by atoms with Crippen LogP contribution < -0.4 is 5.32 Å². The fourth-order valence-corrected chi connectivity index (χ4v) is 4.13. The van der Waals surface area contributed by atoms with Gasteiger partial charge in [-0.3, -0.25) is 14.9 Å². The molecule has 0 radical (unpaired) electrons. The maximum atomic E-state index is 4.55. The predicted octanol–water partition coefficient (Wildman–Crippen LogP) is 2.50. The van der Waals surface area contributed by atoms with Crippen molar-refractivity contribution in [1.82, 2.24) is 19.9 Å². The van der Waals surface area contributed by atoms with E-state index in [9.17, 15) is 0 Å². The second kappa shape index (κ2) is 6.24. The van der Waals surface area contributed by atoms with E-state index in [1.165, 1.54) is 30.6 Å². The monoisotopic (exact) mass is 309 g/mol. The molecule has 1 aliphatic carbocycles. The van der Waals surface area contributed by atoms with E-state index in [-0.39, 0.29) is 0 Å². The highest BCUT2D eigenvalue weighted by molar-refractivity contribution is 5.32. The Morgan fingerprint density at radius 1 is 1.17 bits per heavy atom. The first-order chi connectivity index (χ1) is 11.3. The summed E-state index contributed by atoms with van der Waals surface area (Å²) in [5.41, 5.74) is 2.50. The average molecular weight is 309 g/mol. The number of aromatic nitrogens is 3. The summed E-state index contributed by atoms with van der Waals surface area (Å²) in [6.45, 7) is 5.47. The Bertz CT molecular complexity index is 659. The Morgan fingerprint density at radius 3 is 2.96 bits per heavy atom. The number of aryl methyl sites for hydroxylation is 1. The quantitative estimate of drug-likeness (QED) is 0.940. The topological polar surface area (TPSA) is 53.9 Å². The average Bonchev–Trinajstić information content (AvgIpc) is 3.12. The van der Waals surface area contributed by atoms with Crippen molar-refractivity contribution in [2.45, 2.75) is 32.4 Å². The molecule has 4 rings (SSSR count). The van der Waals surface area contributed by atoms with Gasteiger partial charge >= 0.3 is 0 Å². The lowest BCUT2D eigenvalue weighted by Crippen LogP contribution is -2.30. The number of likely N-dealkylation sites (tertiary alicyclic amines) is 1. The highest BCUT2D eigenvalue weighted by Gasteiger charge is 2.42. The number of hydrogen-bond donors (Lipinski definition) is 1. The van der Waals surface area contributed by atoms with E-state index in [4.69, 9.17) is 0 Å². The zero-order chi connectivity index (χ0) is 15.6. The maximum Gasteiger partial charge on any atom is 0.144 e. The van der Waals surface area contributed by atoms with Gasteiger partial charge in [-0.1, -0.05) is 6.07 Å². The summed E-state index contributed by atoms with van der Waals surface area (Å²) in [5, 5.41) is 3.59. The van der Waals surface area contributed by atoms with Crippen molar-refractivity contribution >= 4 is 5.82 Å². The van der Waals surface area contributed by atoms with Gasteiger partial charge in [0.2, 0.25) is 0 Å². The van der Waals surface area contributed by atoms with E-state index >= 15 is 0 Å². The third kappa shape index (κ3) is 3.06. The molecule has 3 atom stereocenters. The van der Waals surface area contributed by atoms with Crippen molar-refractivity contribution in [2.75, 3.05) is 18.4 Å². The molecule has 1 aliphatic heterocycles. The van der Waals surface area contributed by atoms with Crippen LogP contribution in [0.1, 0.15) is 24.1 Å². The minimum atomic E-state index is 0.520. The van der Waals surface area contributed by atoms with Crippen LogP contribution in [-0.2, 0) is 6.54 Å². The zero-order valence-electron chi connectivity index (χ0n) is 13.5. The Labute approximate surface area is 137 Å². The number of nitrogens with one attached hydrogen (secondary N) is 1. The molecule has 2 aromatic rings. The highest BCUT2D eigenvalue weighted by atomic mass is 15.2. The van der Waals surface area contributed by atoms with Gasteiger partial charge in [0.15, 0.2) is 0 Å². The number of anilines is 1. The third-order valence-electron chi connectivity index (χ3n) is 5.32. The normalized spacial score (nSPS) is 27.1.